The molecule has 3 aromatic carbocycles. The predicted molar refractivity (Wildman–Crippen MR) is 179 cm³/mol. The molecule has 2 bridgehead atoms. The SMILES string of the molecule is COc1ccc(C(=O)N2C[C@H]3CC[C@@H]2[C@@H]3N)c2nc(-c3cc4ccc(-c5ccc6ccc(O)cc6c5)nc4n3CC3CC3)n(C)c12. The molecule has 2 aliphatic carbocycles. The number of benzene rings is 3. The molecular formula is C37H36N6O3. The number of aromatic nitrogens is 4. The van der Waals surface area contributed by atoms with Crippen molar-refractivity contribution in [2.45, 2.75) is 44.3 Å². The van der Waals surface area contributed by atoms with Gasteiger partial charge in [-0.05, 0) is 96.8 Å². The van der Waals surface area contributed by atoms with Crippen molar-refractivity contribution in [1.29, 1.82) is 0 Å². The number of amides is 1. The smallest absolute Gasteiger partial charge is 0.256 e. The lowest BCUT2D eigenvalue weighted by molar-refractivity contribution is 0.0702. The molecule has 9 rings (SSSR count). The first-order valence-corrected chi connectivity index (χ1v) is 16.2. The first-order valence-electron chi connectivity index (χ1n) is 16.2. The summed E-state index contributed by atoms with van der Waals surface area (Å²) >= 11 is 0. The number of nitrogens with two attached hydrogens (primary N) is 1. The molecule has 0 radical (unpaired) electrons. The van der Waals surface area contributed by atoms with Crippen molar-refractivity contribution in [2.75, 3.05) is 13.7 Å². The van der Waals surface area contributed by atoms with Crippen molar-refractivity contribution >= 4 is 38.7 Å². The van der Waals surface area contributed by atoms with Gasteiger partial charge in [0.15, 0.2) is 5.82 Å². The van der Waals surface area contributed by atoms with Gasteiger partial charge in [-0.15, -0.1) is 0 Å². The molecule has 1 amide bonds. The van der Waals surface area contributed by atoms with Crippen LogP contribution in [-0.2, 0) is 13.6 Å². The quantitative estimate of drug-likeness (QED) is 0.235. The summed E-state index contributed by atoms with van der Waals surface area (Å²) in [4.78, 5) is 26.4. The summed E-state index contributed by atoms with van der Waals surface area (Å²) in [6.45, 7) is 1.56. The molecule has 3 aliphatic rings. The molecule has 9 heteroatoms. The zero-order valence-electron chi connectivity index (χ0n) is 26.0. The Balaban J connectivity index is 1.19. The summed E-state index contributed by atoms with van der Waals surface area (Å²) in [6.07, 6.45) is 4.44. The van der Waals surface area contributed by atoms with Gasteiger partial charge in [0.1, 0.15) is 28.2 Å². The Morgan fingerprint density at radius 1 is 0.957 bits per heavy atom. The highest BCUT2D eigenvalue weighted by Gasteiger charge is 2.47. The monoisotopic (exact) mass is 612 g/mol. The molecule has 232 valence electrons. The Morgan fingerprint density at radius 2 is 1.78 bits per heavy atom. The van der Waals surface area contributed by atoms with Gasteiger partial charge in [0.25, 0.3) is 5.91 Å². The number of ether oxygens (including phenoxy) is 1. The fourth-order valence-corrected chi connectivity index (χ4v) is 7.90. The maximum atomic E-state index is 14.0. The van der Waals surface area contributed by atoms with E-state index in [9.17, 15) is 9.90 Å². The standard InChI is InChI=1S/C37H36N6O3/c1-41-34-31(46-2)14-11-27(37(45)43-19-24-9-13-29(43)32(24)38)33(34)40-36(41)30-17-23-8-12-28(39-35(23)42(30)18-20-3-4-20)22-6-5-21-7-10-26(44)16-25(21)15-22/h5-8,10-12,14-17,20,24,29,32,44H,3-4,9,13,18-19,38H2,1-2H3/t24-,29-,32-/m1/s1. The fourth-order valence-electron chi connectivity index (χ4n) is 7.90. The number of fused-ring (bicyclic) bond motifs is 5. The average Bonchev–Trinajstić information content (AvgIpc) is 3.46. The van der Waals surface area contributed by atoms with Gasteiger partial charge >= 0.3 is 0 Å². The van der Waals surface area contributed by atoms with Gasteiger partial charge < -0.3 is 29.6 Å². The number of pyridine rings is 1. The second-order valence-corrected chi connectivity index (χ2v) is 13.4. The van der Waals surface area contributed by atoms with Gasteiger partial charge in [-0.25, -0.2) is 9.97 Å². The molecule has 2 saturated carbocycles. The average molecular weight is 613 g/mol. The van der Waals surface area contributed by atoms with Crippen LogP contribution in [-0.4, -0.2) is 60.8 Å². The number of methoxy groups -OCH3 is 1. The summed E-state index contributed by atoms with van der Waals surface area (Å²) in [5.41, 5.74) is 12.3. The highest BCUT2D eigenvalue weighted by atomic mass is 16.5. The van der Waals surface area contributed by atoms with Crippen LogP contribution in [0.2, 0.25) is 0 Å². The molecular weight excluding hydrogens is 576 g/mol. The number of hydrogen-bond donors (Lipinski definition) is 2. The number of rotatable bonds is 6. The Labute approximate surface area is 266 Å². The number of phenolic OH excluding ortho intramolecular Hbond substituents is 1. The summed E-state index contributed by atoms with van der Waals surface area (Å²) in [6, 6.07) is 21.9. The first kappa shape index (κ1) is 27.4. The van der Waals surface area contributed by atoms with Gasteiger partial charge in [-0.1, -0.05) is 18.2 Å². The minimum Gasteiger partial charge on any atom is -0.508 e. The van der Waals surface area contributed by atoms with Gasteiger partial charge in [0.05, 0.1) is 24.1 Å². The number of aryl methyl sites for hydroxylation is 1. The minimum atomic E-state index is -0.00603. The van der Waals surface area contributed by atoms with Crippen LogP contribution in [0.5, 0.6) is 11.5 Å². The molecule has 1 saturated heterocycles. The predicted octanol–water partition coefficient (Wildman–Crippen LogP) is 6.10. The van der Waals surface area contributed by atoms with E-state index in [1.807, 2.05) is 30.1 Å². The minimum absolute atomic E-state index is 0.00603. The third-order valence-corrected chi connectivity index (χ3v) is 10.6. The zero-order chi connectivity index (χ0) is 31.3. The summed E-state index contributed by atoms with van der Waals surface area (Å²) in [7, 11) is 3.66. The molecule has 3 atom stereocenters. The number of hydrogen-bond acceptors (Lipinski definition) is 6. The molecule has 3 aromatic heterocycles. The molecule has 4 heterocycles. The lowest BCUT2D eigenvalue weighted by Crippen LogP contribution is -2.41. The number of phenols is 1. The van der Waals surface area contributed by atoms with Crippen molar-refractivity contribution in [2.24, 2.45) is 24.6 Å². The molecule has 46 heavy (non-hydrogen) atoms. The topological polar surface area (TPSA) is 111 Å². The molecule has 3 N–H and O–H groups in total. The van der Waals surface area contributed by atoms with Crippen LogP contribution in [0.4, 0.5) is 0 Å². The lowest BCUT2D eigenvalue weighted by atomic mass is 10.0. The van der Waals surface area contributed by atoms with E-state index in [-0.39, 0.29) is 23.7 Å². The highest BCUT2D eigenvalue weighted by molar-refractivity contribution is 6.07. The molecule has 1 aliphatic heterocycles. The second-order valence-electron chi connectivity index (χ2n) is 13.4. The van der Waals surface area contributed by atoms with E-state index in [0.29, 0.717) is 35.2 Å². The number of piperidine rings is 1. The number of likely N-dealkylation sites (tertiary alicyclic amines) is 1. The van der Waals surface area contributed by atoms with E-state index in [0.717, 1.165) is 69.5 Å². The summed E-state index contributed by atoms with van der Waals surface area (Å²) < 4.78 is 10.2. The van der Waals surface area contributed by atoms with E-state index < -0.39 is 0 Å². The van der Waals surface area contributed by atoms with E-state index in [2.05, 4.69) is 45.5 Å². The molecule has 9 nitrogen and oxygen atoms in total. The van der Waals surface area contributed by atoms with Gasteiger partial charge in [0.2, 0.25) is 0 Å². The van der Waals surface area contributed by atoms with Crippen molar-refractivity contribution < 1.29 is 14.6 Å². The van der Waals surface area contributed by atoms with Crippen LogP contribution in [0.15, 0.2) is 66.7 Å². The molecule has 3 fully saturated rings. The van der Waals surface area contributed by atoms with Crippen LogP contribution in [0.1, 0.15) is 36.0 Å². The van der Waals surface area contributed by atoms with Crippen molar-refractivity contribution in [1.82, 2.24) is 24.0 Å². The van der Waals surface area contributed by atoms with E-state index in [1.54, 1.807) is 19.2 Å². The number of imidazole rings is 1. The Hall–Kier alpha value is -4.89. The number of carbonyl (C=O) groups is 1. The first-order chi connectivity index (χ1) is 22.4. The van der Waals surface area contributed by atoms with Crippen molar-refractivity contribution in [3.8, 4) is 34.3 Å². The highest BCUT2D eigenvalue weighted by Crippen LogP contribution is 2.41. The second kappa shape index (κ2) is 10.1. The normalized spacial score (nSPS) is 20.8. The largest absolute Gasteiger partial charge is 0.508 e. The summed E-state index contributed by atoms with van der Waals surface area (Å²) in [5, 5.41) is 13.1. The van der Waals surface area contributed by atoms with Crippen LogP contribution in [0.3, 0.4) is 0 Å². The van der Waals surface area contributed by atoms with Gasteiger partial charge in [0, 0.05) is 43.2 Å². The Kier molecular flexibility index (Phi) is 5.99. The fraction of sp³-hybridized carbons (Fsp3) is 0.324. The van der Waals surface area contributed by atoms with Gasteiger partial charge in [-0.2, -0.15) is 0 Å². The van der Waals surface area contributed by atoms with Gasteiger partial charge in [-0.3, -0.25) is 4.79 Å². The van der Waals surface area contributed by atoms with E-state index >= 15 is 0 Å². The van der Waals surface area contributed by atoms with Crippen LogP contribution >= 0.6 is 0 Å². The third kappa shape index (κ3) is 4.14. The number of nitrogens with zero attached hydrogens (tertiary/aromatic N) is 5. The van der Waals surface area contributed by atoms with E-state index in [1.165, 1.54) is 12.8 Å². The zero-order valence-corrected chi connectivity index (χ0v) is 26.0. The molecule has 0 unspecified atom stereocenters. The van der Waals surface area contributed by atoms with Crippen LogP contribution in [0.25, 0.3) is 55.6 Å². The number of carbonyl (C=O) groups excluding carboxylic acids is 1. The van der Waals surface area contributed by atoms with E-state index in [4.69, 9.17) is 20.4 Å². The Morgan fingerprint density at radius 3 is 2.54 bits per heavy atom. The van der Waals surface area contributed by atoms with Crippen molar-refractivity contribution in [3.63, 3.8) is 0 Å². The maximum Gasteiger partial charge on any atom is 0.256 e. The van der Waals surface area contributed by atoms with Crippen LogP contribution < -0.4 is 10.5 Å². The third-order valence-electron chi connectivity index (χ3n) is 10.6. The molecule has 0 spiro atoms. The molecule has 6 aromatic rings. The van der Waals surface area contributed by atoms with Crippen LogP contribution in [0, 0.1) is 11.8 Å². The van der Waals surface area contributed by atoms with Crippen molar-refractivity contribution in [3.05, 3.63) is 72.3 Å². The number of aromatic hydroxyl groups is 1. The Bertz CT molecular complexity index is 2210. The summed E-state index contributed by atoms with van der Waals surface area (Å²) in [5.74, 6) is 2.66. The lowest BCUT2D eigenvalue weighted by Gasteiger charge is -2.27. The maximum absolute atomic E-state index is 14.0.